The normalized spacial score (nSPS) is 10.9. The Balaban J connectivity index is 1.68. The van der Waals surface area contributed by atoms with E-state index in [0.717, 1.165) is 31.8 Å². The zero-order chi connectivity index (χ0) is 14.2. The summed E-state index contributed by atoms with van der Waals surface area (Å²) in [6.45, 7) is 6.96. The molecule has 1 aromatic heterocycles. The Bertz CT molecular complexity index is 494. The fourth-order valence-corrected chi connectivity index (χ4v) is 2.04. The Morgan fingerprint density at radius 1 is 1.35 bits per heavy atom. The van der Waals surface area contributed by atoms with Crippen LogP contribution in [0.2, 0.25) is 0 Å². The molecule has 0 aliphatic heterocycles. The third kappa shape index (κ3) is 5.05. The molecular weight excluding hydrogens is 250 g/mol. The largest absolute Gasteiger partial charge is 0.491 e. The van der Waals surface area contributed by atoms with Crippen molar-refractivity contribution in [2.75, 3.05) is 6.54 Å². The monoisotopic (exact) mass is 273 g/mol. The van der Waals surface area contributed by atoms with Crippen LogP contribution < -0.4 is 10.1 Å². The molecule has 1 heterocycles. The van der Waals surface area contributed by atoms with E-state index < -0.39 is 0 Å². The number of imidazole rings is 1. The Labute approximate surface area is 120 Å². The highest BCUT2D eigenvalue weighted by atomic mass is 16.5. The molecule has 0 aliphatic carbocycles. The number of aryl methyl sites for hydroxylation is 1. The molecule has 0 saturated heterocycles. The van der Waals surface area contributed by atoms with Gasteiger partial charge in [-0.3, -0.25) is 0 Å². The van der Waals surface area contributed by atoms with Gasteiger partial charge in [-0.05, 0) is 44.5 Å². The van der Waals surface area contributed by atoms with Crippen molar-refractivity contribution in [3.63, 3.8) is 0 Å². The van der Waals surface area contributed by atoms with E-state index in [4.69, 9.17) is 4.74 Å². The highest BCUT2D eigenvalue weighted by molar-refractivity contribution is 5.28. The van der Waals surface area contributed by atoms with Crippen LogP contribution in [0.3, 0.4) is 0 Å². The van der Waals surface area contributed by atoms with E-state index in [9.17, 15) is 0 Å². The van der Waals surface area contributed by atoms with Gasteiger partial charge in [-0.15, -0.1) is 0 Å². The van der Waals surface area contributed by atoms with Crippen molar-refractivity contribution in [2.45, 2.75) is 39.5 Å². The number of nitrogens with zero attached hydrogens (tertiary/aromatic N) is 2. The van der Waals surface area contributed by atoms with E-state index in [1.165, 1.54) is 5.56 Å². The fourth-order valence-electron chi connectivity index (χ4n) is 2.04. The van der Waals surface area contributed by atoms with Gasteiger partial charge in [-0.1, -0.05) is 12.1 Å². The van der Waals surface area contributed by atoms with Crippen molar-refractivity contribution in [1.82, 2.24) is 14.9 Å². The molecule has 20 heavy (non-hydrogen) atoms. The van der Waals surface area contributed by atoms with Gasteiger partial charge in [0, 0.05) is 25.5 Å². The molecule has 2 rings (SSSR count). The summed E-state index contributed by atoms with van der Waals surface area (Å²) in [5.74, 6) is 0.942. The second kappa shape index (κ2) is 7.70. The zero-order valence-corrected chi connectivity index (χ0v) is 12.2. The Morgan fingerprint density at radius 3 is 3.00 bits per heavy atom. The van der Waals surface area contributed by atoms with Crippen LogP contribution in [0.5, 0.6) is 5.75 Å². The SMILES string of the molecule is CC(C)Oc1cccc(CNCCCn2ccnc2)c1. The standard InChI is InChI=1S/C16H23N3O/c1-14(2)20-16-6-3-5-15(11-16)12-17-7-4-9-19-10-8-18-13-19/h3,5-6,8,10-11,13-14,17H,4,7,9,12H2,1-2H3. The number of hydrogen-bond donors (Lipinski definition) is 1. The number of rotatable bonds is 8. The van der Waals surface area contributed by atoms with E-state index in [-0.39, 0.29) is 6.10 Å². The molecule has 0 atom stereocenters. The molecule has 0 spiro atoms. The minimum Gasteiger partial charge on any atom is -0.491 e. The van der Waals surface area contributed by atoms with Crippen LogP contribution in [0.1, 0.15) is 25.8 Å². The molecule has 0 amide bonds. The van der Waals surface area contributed by atoms with Crippen molar-refractivity contribution in [3.05, 3.63) is 48.5 Å². The van der Waals surface area contributed by atoms with Crippen molar-refractivity contribution in [1.29, 1.82) is 0 Å². The van der Waals surface area contributed by atoms with Gasteiger partial charge in [0.15, 0.2) is 0 Å². The lowest BCUT2D eigenvalue weighted by Gasteiger charge is -2.11. The fraction of sp³-hybridized carbons (Fsp3) is 0.438. The maximum Gasteiger partial charge on any atom is 0.120 e. The first kappa shape index (κ1) is 14.6. The third-order valence-electron chi connectivity index (χ3n) is 2.93. The summed E-state index contributed by atoms with van der Waals surface area (Å²) < 4.78 is 7.79. The van der Waals surface area contributed by atoms with E-state index in [0.29, 0.717) is 0 Å². The molecule has 1 N–H and O–H groups in total. The first-order chi connectivity index (χ1) is 9.74. The second-order valence-electron chi connectivity index (χ2n) is 5.14. The van der Waals surface area contributed by atoms with Crippen LogP contribution in [0.4, 0.5) is 0 Å². The van der Waals surface area contributed by atoms with Crippen LogP contribution in [-0.2, 0) is 13.1 Å². The Morgan fingerprint density at radius 2 is 2.25 bits per heavy atom. The van der Waals surface area contributed by atoms with E-state index in [2.05, 4.69) is 27.0 Å². The zero-order valence-electron chi connectivity index (χ0n) is 12.2. The van der Waals surface area contributed by atoms with Gasteiger partial charge < -0.3 is 14.6 Å². The summed E-state index contributed by atoms with van der Waals surface area (Å²) in [6, 6.07) is 8.27. The average Bonchev–Trinajstić information content (AvgIpc) is 2.91. The molecule has 1 aromatic carbocycles. The van der Waals surface area contributed by atoms with Gasteiger partial charge in [0.05, 0.1) is 12.4 Å². The number of aromatic nitrogens is 2. The highest BCUT2D eigenvalue weighted by Gasteiger charge is 1.99. The van der Waals surface area contributed by atoms with Crippen LogP contribution in [0, 0.1) is 0 Å². The molecule has 2 aromatic rings. The van der Waals surface area contributed by atoms with E-state index >= 15 is 0 Å². The lowest BCUT2D eigenvalue weighted by atomic mass is 10.2. The maximum absolute atomic E-state index is 5.69. The second-order valence-corrected chi connectivity index (χ2v) is 5.14. The van der Waals surface area contributed by atoms with Crippen molar-refractivity contribution < 1.29 is 4.74 Å². The Kier molecular flexibility index (Phi) is 5.62. The molecule has 4 heteroatoms. The summed E-state index contributed by atoms with van der Waals surface area (Å²) >= 11 is 0. The maximum atomic E-state index is 5.69. The van der Waals surface area contributed by atoms with Crippen LogP contribution in [-0.4, -0.2) is 22.2 Å². The number of benzene rings is 1. The lowest BCUT2D eigenvalue weighted by Crippen LogP contribution is -2.16. The van der Waals surface area contributed by atoms with Crippen LogP contribution in [0.15, 0.2) is 43.0 Å². The molecule has 0 unspecified atom stereocenters. The van der Waals surface area contributed by atoms with Gasteiger partial charge in [-0.25, -0.2) is 4.98 Å². The summed E-state index contributed by atoms with van der Waals surface area (Å²) in [4.78, 5) is 4.03. The highest BCUT2D eigenvalue weighted by Crippen LogP contribution is 2.14. The van der Waals surface area contributed by atoms with E-state index in [1.807, 2.05) is 44.7 Å². The number of hydrogen-bond acceptors (Lipinski definition) is 3. The third-order valence-corrected chi connectivity index (χ3v) is 2.93. The molecule has 0 radical (unpaired) electrons. The quantitative estimate of drug-likeness (QED) is 0.752. The summed E-state index contributed by atoms with van der Waals surface area (Å²) in [5.41, 5.74) is 1.26. The predicted octanol–water partition coefficient (Wildman–Crippen LogP) is 2.85. The van der Waals surface area contributed by atoms with E-state index in [1.54, 1.807) is 0 Å². The molecule has 0 aliphatic rings. The number of nitrogens with one attached hydrogen (secondary N) is 1. The minimum absolute atomic E-state index is 0.216. The topological polar surface area (TPSA) is 39.1 Å². The molecular formula is C16H23N3O. The smallest absolute Gasteiger partial charge is 0.120 e. The average molecular weight is 273 g/mol. The molecule has 0 saturated carbocycles. The van der Waals surface area contributed by atoms with Crippen LogP contribution in [0.25, 0.3) is 0 Å². The first-order valence-electron chi connectivity index (χ1n) is 7.16. The first-order valence-corrected chi connectivity index (χ1v) is 7.16. The minimum atomic E-state index is 0.216. The predicted molar refractivity (Wildman–Crippen MR) is 80.8 cm³/mol. The van der Waals surface area contributed by atoms with Gasteiger partial charge in [0.2, 0.25) is 0 Å². The van der Waals surface area contributed by atoms with Gasteiger partial charge in [-0.2, -0.15) is 0 Å². The van der Waals surface area contributed by atoms with Crippen molar-refractivity contribution in [2.24, 2.45) is 0 Å². The van der Waals surface area contributed by atoms with Crippen molar-refractivity contribution >= 4 is 0 Å². The van der Waals surface area contributed by atoms with Crippen LogP contribution >= 0.6 is 0 Å². The summed E-state index contributed by atoms with van der Waals surface area (Å²) in [7, 11) is 0. The molecule has 108 valence electrons. The summed E-state index contributed by atoms with van der Waals surface area (Å²) in [5, 5.41) is 3.46. The molecule has 0 fully saturated rings. The lowest BCUT2D eigenvalue weighted by molar-refractivity contribution is 0.242. The molecule has 4 nitrogen and oxygen atoms in total. The van der Waals surface area contributed by atoms with Gasteiger partial charge in [0.1, 0.15) is 5.75 Å². The van der Waals surface area contributed by atoms with Gasteiger partial charge in [0.25, 0.3) is 0 Å². The molecule has 0 bridgehead atoms. The van der Waals surface area contributed by atoms with Crippen molar-refractivity contribution in [3.8, 4) is 5.75 Å². The van der Waals surface area contributed by atoms with Gasteiger partial charge >= 0.3 is 0 Å². The number of ether oxygens (including phenoxy) is 1. The Hall–Kier alpha value is -1.81. The summed E-state index contributed by atoms with van der Waals surface area (Å²) in [6.07, 6.45) is 6.97.